The number of hydrogen-bond acceptors (Lipinski definition) is 3. The minimum absolute atomic E-state index is 0.0984. The summed E-state index contributed by atoms with van der Waals surface area (Å²) < 4.78 is 0. The van der Waals surface area contributed by atoms with Crippen LogP contribution in [0.2, 0.25) is 0 Å². The minimum atomic E-state index is 0.0984. The highest BCUT2D eigenvalue weighted by molar-refractivity contribution is 5.49. The van der Waals surface area contributed by atoms with Gasteiger partial charge in [-0.1, -0.05) is 17.7 Å². The number of aryl methyl sites for hydroxylation is 1. The Kier molecular flexibility index (Phi) is 4.16. The first-order chi connectivity index (χ1) is 8.98. The van der Waals surface area contributed by atoms with E-state index in [1.54, 1.807) is 0 Å². The van der Waals surface area contributed by atoms with E-state index >= 15 is 0 Å². The molecule has 0 saturated carbocycles. The van der Waals surface area contributed by atoms with Gasteiger partial charge in [0.25, 0.3) is 0 Å². The molecular weight excluding hydrogens is 234 g/mol. The monoisotopic (exact) mass is 261 g/mol. The lowest BCUT2D eigenvalue weighted by Crippen LogP contribution is -2.60. The smallest absolute Gasteiger partial charge is 0.0547 e. The number of rotatable bonds is 3. The van der Waals surface area contributed by atoms with Gasteiger partial charge in [0.2, 0.25) is 0 Å². The Morgan fingerprint density at radius 1 is 1.37 bits per heavy atom. The van der Waals surface area contributed by atoms with Crippen molar-refractivity contribution in [2.24, 2.45) is 5.73 Å². The molecule has 2 unspecified atom stereocenters. The van der Waals surface area contributed by atoms with Gasteiger partial charge in [-0.05, 0) is 45.9 Å². The molecule has 2 rings (SSSR count). The second-order valence-electron chi connectivity index (χ2n) is 6.11. The van der Waals surface area contributed by atoms with Crippen LogP contribution in [0.25, 0.3) is 0 Å². The van der Waals surface area contributed by atoms with Crippen molar-refractivity contribution in [3.05, 3.63) is 29.8 Å². The standard InChI is InChI=1S/C16H27N3/c1-13-5-7-15(8-6-13)19(4)16(12-17)9-10-18(3)14(2)11-16/h5-8,14H,9-12,17H2,1-4H3. The van der Waals surface area contributed by atoms with E-state index in [-0.39, 0.29) is 5.54 Å². The van der Waals surface area contributed by atoms with E-state index in [1.807, 2.05) is 0 Å². The molecule has 3 nitrogen and oxygen atoms in total. The zero-order chi connectivity index (χ0) is 14.0. The van der Waals surface area contributed by atoms with E-state index in [4.69, 9.17) is 5.73 Å². The van der Waals surface area contributed by atoms with Crippen molar-refractivity contribution in [3.8, 4) is 0 Å². The number of likely N-dealkylation sites (tertiary alicyclic amines) is 1. The Hall–Kier alpha value is -1.06. The first kappa shape index (κ1) is 14.4. The molecular formula is C16H27N3. The fourth-order valence-corrected chi connectivity index (χ4v) is 3.08. The quantitative estimate of drug-likeness (QED) is 0.906. The van der Waals surface area contributed by atoms with Gasteiger partial charge in [-0.25, -0.2) is 0 Å². The summed E-state index contributed by atoms with van der Waals surface area (Å²) >= 11 is 0. The van der Waals surface area contributed by atoms with Crippen molar-refractivity contribution in [3.63, 3.8) is 0 Å². The zero-order valence-corrected chi connectivity index (χ0v) is 12.7. The predicted molar refractivity (Wildman–Crippen MR) is 82.7 cm³/mol. The lowest BCUT2D eigenvalue weighted by atomic mass is 9.82. The molecule has 0 spiro atoms. The van der Waals surface area contributed by atoms with Crippen molar-refractivity contribution >= 4 is 5.69 Å². The van der Waals surface area contributed by atoms with Crippen LogP contribution >= 0.6 is 0 Å². The van der Waals surface area contributed by atoms with Crippen LogP contribution < -0.4 is 10.6 Å². The molecule has 106 valence electrons. The van der Waals surface area contributed by atoms with E-state index in [1.165, 1.54) is 11.3 Å². The molecule has 19 heavy (non-hydrogen) atoms. The van der Waals surface area contributed by atoms with Crippen LogP contribution in [0.5, 0.6) is 0 Å². The molecule has 1 saturated heterocycles. The average Bonchev–Trinajstić information content (AvgIpc) is 2.42. The molecule has 1 aromatic rings. The summed E-state index contributed by atoms with van der Waals surface area (Å²) in [4.78, 5) is 4.83. The molecule has 2 N–H and O–H groups in total. The molecule has 0 amide bonds. The summed E-state index contributed by atoms with van der Waals surface area (Å²) in [5.74, 6) is 0. The predicted octanol–water partition coefficient (Wildman–Crippen LogP) is 2.24. The molecule has 1 heterocycles. The van der Waals surface area contributed by atoms with Gasteiger partial charge < -0.3 is 15.5 Å². The van der Waals surface area contributed by atoms with Crippen LogP contribution in [0.4, 0.5) is 5.69 Å². The maximum atomic E-state index is 6.15. The number of likely N-dealkylation sites (N-methyl/N-ethyl adjacent to an activating group) is 1. The molecule has 0 bridgehead atoms. The molecule has 0 aliphatic carbocycles. The maximum Gasteiger partial charge on any atom is 0.0547 e. The van der Waals surface area contributed by atoms with Gasteiger partial charge in [0.05, 0.1) is 5.54 Å². The molecule has 1 aliphatic heterocycles. The van der Waals surface area contributed by atoms with E-state index in [2.05, 4.69) is 62.0 Å². The summed E-state index contributed by atoms with van der Waals surface area (Å²) in [5.41, 5.74) is 8.82. The molecule has 0 radical (unpaired) electrons. The van der Waals surface area contributed by atoms with E-state index in [0.29, 0.717) is 6.04 Å². The van der Waals surface area contributed by atoms with Gasteiger partial charge >= 0.3 is 0 Å². The van der Waals surface area contributed by atoms with Crippen LogP contribution in [0.1, 0.15) is 25.3 Å². The normalized spacial score (nSPS) is 28.4. The van der Waals surface area contributed by atoms with Crippen LogP contribution in [0.15, 0.2) is 24.3 Å². The fraction of sp³-hybridized carbons (Fsp3) is 0.625. The second-order valence-corrected chi connectivity index (χ2v) is 6.11. The lowest BCUT2D eigenvalue weighted by Gasteiger charge is -2.50. The first-order valence-corrected chi connectivity index (χ1v) is 7.19. The van der Waals surface area contributed by atoms with Gasteiger partial charge in [0.15, 0.2) is 0 Å². The van der Waals surface area contributed by atoms with Crippen LogP contribution in [0.3, 0.4) is 0 Å². The van der Waals surface area contributed by atoms with Gasteiger partial charge in [0.1, 0.15) is 0 Å². The highest BCUT2D eigenvalue weighted by Crippen LogP contribution is 2.33. The van der Waals surface area contributed by atoms with Crippen molar-refractivity contribution in [2.45, 2.75) is 38.3 Å². The van der Waals surface area contributed by atoms with E-state index in [0.717, 1.165) is 25.9 Å². The molecule has 0 aromatic heterocycles. The molecule has 3 heteroatoms. The van der Waals surface area contributed by atoms with Crippen molar-refractivity contribution < 1.29 is 0 Å². The van der Waals surface area contributed by atoms with Crippen LogP contribution in [0, 0.1) is 6.92 Å². The van der Waals surface area contributed by atoms with Crippen molar-refractivity contribution in [2.75, 3.05) is 32.1 Å². The highest BCUT2D eigenvalue weighted by Gasteiger charge is 2.39. The Balaban J connectivity index is 2.23. The maximum absolute atomic E-state index is 6.15. The number of nitrogens with two attached hydrogens (primary N) is 1. The van der Waals surface area contributed by atoms with Crippen molar-refractivity contribution in [1.29, 1.82) is 0 Å². The summed E-state index contributed by atoms with van der Waals surface area (Å²) in [5, 5.41) is 0. The number of hydrogen-bond donors (Lipinski definition) is 1. The highest BCUT2D eigenvalue weighted by atomic mass is 15.2. The number of piperidine rings is 1. The van der Waals surface area contributed by atoms with E-state index < -0.39 is 0 Å². The topological polar surface area (TPSA) is 32.5 Å². The summed E-state index contributed by atoms with van der Waals surface area (Å²) in [6, 6.07) is 9.35. The van der Waals surface area contributed by atoms with Gasteiger partial charge in [-0.15, -0.1) is 0 Å². The van der Waals surface area contributed by atoms with Gasteiger partial charge in [0, 0.05) is 31.9 Å². The molecule has 2 atom stereocenters. The molecule has 1 aliphatic rings. The number of anilines is 1. The lowest BCUT2D eigenvalue weighted by molar-refractivity contribution is 0.132. The Morgan fingerprint density at radius 3 is 2.53 bits per heavy atom. The van der Waals surface area contributed by atoms with Gasteiger partial charge in [-0.2, -0.15) is 0 Å². The van der Waals surface area contributed by atoms with Crippen LogP contribution in [-0.2, 0) is 0 Å². The molecule has 1 aromatic carbocycles. The number of nitrogens with zero attached hydrogens (tertiary/aromatic N) is 2. The second kappa shape index (κ2) is 5.51. The molecule has 1 fully saturated rings. The largest absolute Gasteiger partial charge is 0.368 e. The summed E-state index contributed by atoms with van der Waals surface area (Å²) in [6.45, 7) is 6.26. The van der Waals surface area contributed by atoms with Gasteiger partial charge in [-0.3, -0.25) is 0 Å². The third kappa shape index (κ3) is 2.77. The number of benzene rings is 1. The Morgan fingerprint density at radius 2 is 2.00 bits per heavy atom. The van der Waals surface area contributed by atoms with Crippen LogP contribution in [-0.4, -0.2) is 43.7 Å². The first-order valence-electron chi connectivity index (χ1n) is 7.19. The zero-order valence-electron chi connectivity index (χ0n) is 12.7. The third-order valence-corrected chi connectivity index (χ3v) is 4.87. The minimum Gasteiger partial charge on any atom is -0.368 e. The van der Waals surface area contributed by atoms with E-state index in [9.17, 15) is 0 Å². The third-order valence-electron chi connectivity index (χ3n) is 4.87. The Bertz CT molecular complexity index is 415. The SMILES string of the molecule is Cc1ccc(N(C)C2(CN)CCN(C)C(C)C2)cc1. The summed E-state index contributed by atoms with van der Waals surface area (Å²) in [7, 11) is 4.40. The Labute approximate surface area is 117 Å². The summed E-state index contributed by atoms with van der Waals surface area (Å²) in [6.07, 6.45) is 2.26. The average molecular weight is 261 g/mol. The van der Waals surface area contributed by atoms with Crippen molar-refractivity contribution in [1.82, 2.24) is 4.90 Å². The fourth-order valence-electron chi connectivity index (χ4n) is 3.08.